The Hall–Kier alpha value is -1.68. The van der Waals surface area contributed by atoms with Crippen LogP contribution in [-0.4, -0.2) is 41.9 Å². The van der Waals surface area contributed by atoms with Crippen LogP contribution in [0.1, 0.15) is 39.0 Å². The van der Waals surface area contributed by atoms with Crippen molar-refractivity contribution in [3.63, 3.8) is 0 Å². The van der Waals surface area contributed by atoms with Gasteiger partial charge in [-0.15, -0.1) is 0 Å². The summed E-state index contributed by atoms with van der Waals surface area (Å²) in [6, 6.07) is 2.09. The molecule has 4 heteroatoms. The first-order valence-electron chi connectivity index (χ1n) is 6.75. The van der Waals surface area contributed by atoms with Crippen molar-refractivity contribution in [2.45, 2.75) is 34.1 Å². The number of carboxylic acids is 1. The Bertz CT molecular complexity index is 509. The molecule has 1 aromatic rings. The van der Waals surface area contributed by atoms with E-state index >= 15 is 0 Å². The molecule has 1 aromatic carbocycles. The lowest BCUT2D eigenvalue weighted by molar-refractivity contribution is -0.137. The molecule has 110 valence electrons. The third kappa shape index (κ3) is 3.90. The quantitative estimate of drug-likeness (QED) is 0.812. The van der Waals surface area contributed by atoms with E-state index in [2.05, 4.69) is 6.07 Å². The van der Waals surface area contributed by atoms with Crippen LogP contribution in [0.5, 0.6) is 0 Å². The minimum Gasteiger partial charge on any atom is -0.481 e. The number of rotatable bonds is 6. The Morgan fingerprint density at radius 3 is 2.05 bits per heavy atom. The third-order valence-electron chi connectivity index (χ3n) is 3.77. The molecule has 0 fully saturated rings. The standard InChI is InChI=1S/C16H23NO3/c1-10-8-11(2)13(4)16(12(10)3)14(18)9-17(5)7-6-15(19)20/h8H,6-7,9H2,1-5H3,(H,19,20). The lowest BCUT2D eigenvalue weighted by atomic mass is 9.91. The summed E-state index contributed by atoms with van der Waals surface area (Å²) in [5.74, 6) is -0.789. The van der Waals surface area contributed by atoms with Crippen LogP contribution in [0.3, 0.4) is 0 Å². The van der Waals surface area contributed by atoms with Crippen LogP contribution < -0.4 is 0 Å². The Morgan fingerprint density at radius 1 is 1.10 bits per heavy atom. The van der Waals surface area contributed by atoms with Gasteiger partial charge in [-0.05, 0) is 57.0 Å². The minimum atomic E-state index is -0.844. The average molecular weight is 277 g/mol. The fourth-order valence-corrected chi connectivity index (χ4v) is 2.32. The maximum atomic E-state index is 12.5. The second-order valence-electron chi connectivity index (χ2n) is 5.44. The fourth-order valence-electron chi connectivity index (χ4n) is 2.32. The fraction of sp³-hybridized carbons (Fsp3) is 0.500. The smallest absolute Gasteiger partial charge is 0.304 e. The largest absolute Gasteiger partial charge is 0.481 e. The predicted octanol–water partition coefficient (Wildman–Crippen LogP) is 2.51. The first-order chi connectivity index (χ1) is 9.23. The van der Waals surface area contributed by atoms with Crippen LogP contribution in [0.15, 0.2) is 6.07 Å². The Kier molecular flexibility index (Phi) is 5.45. The van der Waals surface area contributed by atoms with Crippen molar-refractivity contribution < 1.29 is 14.7 Å². The predicted molar refractivity (Wildman–Crippen MR) is 79.5 cm³/mol. The van der Waals surface area contributed by atoms with Gasteiger partial charge in [0.05, 0.1) is 13.0 Å². The van der Waals surface area contributed by atoms with Gasteiger partial charge in [-0.2, -0.15) is 0 Å². The molecule has 0 aliphatic rings. The van der Waals surface area contributed by atoms with Gasteiger partial charge in [-0.25, -0.2) is 0 Å². The van der Waals surface area contributed by atoms with Crippen molar-refractivity contribution in [2.24, 2.45) is 0 Å². The molecule has 0 aliphatic heterocycles. The highest BCUT2D eigenvalue weighted by Crippen LogP contribution is 2.22. The number of carboxylic acid groups (broad SMARTS) is 1. The summed E-state index contributed by atoms with van der Waals surface area (Å²) in [6.45, 7) is 8.57. The first kappa shape index (κ1) is 16.4. The van der Waals surface area contributed by atoms with Crippen LogP contribution in [0.2, 0.25) is 0 Å². The van der Waals surface area contributed by atoms with Crippen molar-refractivity contribution >= 4 is 11.8 Å². The molecule has 0 spiro atoms. The van der Waals surface area contributed by atoms with Gasteiger partial charge in [0.15, 0.2) is 5.78 Å². The number of likely N-dealkylation sites (N-methyl/N-ethyl adjacent to an activating group) is 1. The molecule has 0 saturated carbocycles. The molecular weight excluding hydrogens is 254 g/mol. The van der Waals surface area contributed by atoms with Crippen molar-refractivity contribution in [3.05, 3.63) is 33.9 Å². The summed E-state index contributed by atoms with van der Waals surface area (Å²) in [5.41, 5.74) is 5.05. The zero-order valence-corrected chi connectivity index (χ0v) is 12.9. The second kappa shape index (κ2) is 6.66. The van der Waals surface area contributed by atoms with E-state index in [9.17, 15) is 9.59 Å². The van der Waals surface area contributed by atoms with Gasteiger partial charge >= 0.3 is 5.97 Å². The number of Topliss-reactive ketones (excluding diaryl/α,β-unsaturated/α-hetero) is 1. The number of hydrogen-bond acceptors (Lipinski definition) is 3. The van der Waals surface area contributed by atoms with Crippen LogP contribution in [0.4, 0.5) is 0 Å². The summed E-state index contributed by atoms with van der Waals surface area (Å²) >= 11 is 0. The summed E-state index contributed by atoms with van der Waals surface area (Å²) in [6.07, 6.45) is 0.0502. The lowest BCUT2D eigenvalue weighted by Gasteiger charge is -2.18. The lowest BCUT2D eigenvalue weighted by Crippen LogP contribution is -2.29. The van der Waals surface area contributed by atoms with E-state index in [1.165, 1.54) is 0 Å². The monoisotopic (exact) mass is 277 g/mol. The number of ketones is 1. The van der Waals surface area contributed by atoms with Crippen molar-refractivity contribution in [1.82, 2.24) is 4.90 Å². The Labute approximate surface area is 120 Å². The van der Waals surface area contributed by atoms with Crippen LogP contribution >= 0.6 is 0 Å². The molecule has 0 aromatic heterocycles. The zero-order chi connectivity index (χ0) is 15.4. The Morgan fingerprint density at radius 2 is 1.60 bits per heavy atom. The summed E-state index contributed by atoms with van der Waals surface area (Å²) < 4.78 is 0. The normalized spacial score (nSPS) is 10.9. The van der Waals surface area contributed by atoms with E-state index < -0.39 is 5.97 Å². The summed E-state index contributed by atoms with van der Waals surface area (Å²) in [4.78, 5) is 24.8. The molecule has 1 rings (SSSR count). The van der Waals surface area contributed by atoms with Gasteiger partial charge in [0.1, 0.15) is 0 Å². The maximum absolute atomic E-state index is 12.5. The highest BCUT2D eigenvalue weighted by molar-refractivity contribution is 6.00. The van der Waals surface area contributed by atoms with Crippen molar-refractivity contribution in [2.75, 3.05) is 20.1 Å². The highest BCUT2D eigenvalue weighted by Gasteiger charge is 2.17. The molecule has 0 radical (unpaired) electrons. The highest BCUT2D eigenvalue weighted by atomic mass is 16.4. The number of hydrogen-bond donors (Lipinski definition) is 1. The van der Waals surface area contributed by atoms with Crippen LogP contribution in [0, 0.1) is 27.7 Å². The number of aryl methyl sites for hydroxylation is 2. The van der Waals surface area contributed by atoms with Crippen LogP contribution in [0.25, 0.3) is 0 Å². The first-order valence-corrected chi connectivity index (χ1v) is 6.75. The van der Waals surface area contributed by atoms with Gasteiger partial charge < -0.3 is 5.11 Å². The molecule has 1 N–H and O–H groups in total. The average Bonchev–Trinajstić information content (AvgIpc) is 2.34. The van der Waals surface area contributed by atoms with E-state index in [4.69, 9.17) is 5.11 Å². The molecule has 0 unspecified atom stereocenters. The number of carbonyl (C=O) groups excluding carboxylic acids is 1. The van der Waals surface area contributed by atoms with Gasteiger partial charge in [0.25, 0.3) is 0 Å². The van der Waals surface area contributed by atoms with Crippen molar-refractivity contribution in [1.29, 1.82) is 0 Å². The second-order valence-corrected chi connectivity index (χ2v) is 5.44. The SMILES string of the molecule is Cc1cc(C)c(C)c(C(=O)CN(C)CCC(=O)O)c1C. The number of aliphatic carboxylic acids is 1. The van der Waals surface area contributed by atoms with Gasteiger partial charge in [-0.3, -0.25) is 14.5 Å². The van der Waals surface area contributed by atoms with E-state index in [1.54, 1.807) is 11.9 Å². The van der Waals surface area contributed by atoms with Gasteiger partial charge in [0.2, 0.25) is 0 Å². The Balaban J connectivity index is 2.90. The molecule has 20 heavy (non-hydrogen) atoms. The van der Waals surface area contributed by atoms with Gasteiger partial charge in [0, 0.05) is 12.1 Å². The van der Waals surface area contributed by atoms with E-state index in [0.717, 1.165) is 27.8 Å². The molecule has 4 nitrogen and oxygen atoms in total. The molecule has 0 heterocycles. The third-order valence-corrected chi connectivity index (χ3v) is 3.77. The van der Waals surface area contributed by atoms with Crippen molar-refractivity contribution in [3.8, 4) is 0 Å². The minimum absolute atomic E-state index is 0.0502. The molecule has 0 atom stereocenters. The summed E-state index contributed by atoms with van der Waals surface area (Å²) in [7, 11) is 1.77. The van der Waals surface area contributed by atoms with Crippen LogP contribution in [-0.2, 0) is 4.79 Å². The van der Waals surface area contributed by atoms with E-state index in [0.29, 0.717) is 6.54 Å². The molecular formula is C16H23NO3. The summed E-state index contributed by atoms with van der Waals surface area (Å²) in [5, 5.41) is 8.66. The van der Waals surface area contributed by atoms with E-state index in [-0.39, 0.29) is 18.7 Å². The zero-order valence-electron chi connectivity index (χ0n) is 12.9. The topological polar surface area (TPSA) is 57.6 Å². The van der Waals surface area contributed by atoms with E-state index in [1.807, 2.05) is 27.7 Å². The molecule has 0 saturated heterocycles. The van der Waals surface area contributed by atoms with Gasteiger partial charge in [-0.1, -0.05) is 6.07 Å². The molecule has 0 amide bonds. The maximum Gasteiger partial charge on any atom is 0.304 e. The number of nitrogens with zero attached hydrogens (tertiary/aromatic N) is 1. The molecule has 0 aliphatic carbocycles. The number of carbonyl (C=O) groups is 2. The number of benzene rings is 1. The molecule has 0 bridgehead atoms.